The van der Waals surface area contributed by atoms with E-state index in [1.54, 1.807) is 4.90 Å². The van der Waals surface area contributed by atoms with Gasteiger partial charge >= 0.3 is 0 Å². The van der Waals surface area contributed by atoms with Crippen LogP contribution in [0.2, 0.25) is 0 Å². The number of sulfone groups is 1. The van der Waals surface area contributed by atoms with Gasteiger partial charge in [0.1, 0.15) is 0 Å². The number of carbonyl (C=O) groups is 1. The van der Waals surface area contributed by atoms with E-state index in [1.165, 1.54) is 5.56 Å². The summed E-state index contributed by atoms with van der Waals surface area (Å²) in [6.45, 7) is 4.72. The van der Waals surface area contributed by atoms with Crippen molar-refractivity contribution in [3.8, 4) is 11.5 Å². The van der Waals surface area contributed by atoms with Crippen molar-refractivity contribution in [1.82, 2.24) is 9.80 Å². The number of fused-ring (bicyclic) bond motifs is 1. The quantitative estimate of drug-likeness (QED) is 0.635. The van der Waals surface area contributed by atoms with Crippen molar-refractivity contribution in [2.24, 2.45) is 0 Å². The summed E-state index contributed by atoms with van der Waals surface area (Å²) in [5, 5.41) is 0. The highest BCUT2D eigenvalue weighted by Gasteiger charge is 2.36. The largest absolute Gasteiger partial charge is 0.454 e. The fraction of sp³-hybridized carbons (Fsp3) is 0.458. The maximum Gasteiger partial charge on any atom is 0.241 e. The predicted octanol–water partition coefficient (Wildman–Crippen LogP) is 1.75. The molecule has 176 valence electrons. The van der Waals surface area contributed by atoms with Crippen molar-refractivity contribution in [2.75, 3.05) is 55.9 Å². The van der Waals surface area contributed by atoms with Gasteiger partial charge in [0.25, 0.3) is 0 Å². The number of carbonyl (C=O) groups excluding carboxylic acids is 1. The number of nitrogens with zero attached hydrogens (tertiary/aromatic N) is 3. The molecule has 3 aliphatic rings. The van der Waals surface area contributed by atoms with Crippen LogP contribution in [-0.4, -0.2) is 81.2 Å². The van der Waals surface area contributed by atoms with E-state index in [2.05, 4.69) is 15.9 Å². The van der Waals surface area contributed by atoms with Crippen LogP contribution >= 0.6 is 0 Å². The summed E-state index contributed by atoms with van der Waals surface area (Å²) in [6, 6.07) is 15.2. The zero-order chi connectivity index (χ0) is 22.8. The maximum absolute atomic E-state index is 13.3. The zero-order valence-electron chi connectivity index (χ0n) is 18.6. The Bertz CT molecular complexity index is 1100. The summed E-state index contributed by atoms with van der Waals surface area (Å²) >= 11 is 0. The number of amides is 1. The third-order valence-corrected chi connectivity index (χ3v) is 8.29. The number of rotatable bonds is 6. The Balaban J connectivity index is 1.19. The molecule has 0 N–H and O–H groups in total. The summed E-state index contributed by atoms with van der Waals surface area (Å²) in [5.41, 5.74) is 1.95. The molecule has 9 heteroatoms. The maximum atomic E-state index is 13.3. The van der Waals surface area contributed by atoms with Gasteiger partial charge < -0.3 is 14.4 Å². The van der Waals surface area contributed by atoms with Gasteiger partial charge in [0.05, 0.1) is 24.1 Å². The molecule has 0 bridgehead atoms. The molecule has 0 radical (unpaired) electrons. The fourth-order valence-electron chi connectivity index (χ4n) is 4.80. The molecule has 8 nitrogen and oxygen atoms in total. The first kappa shape index (κ1) is 22.2. The van der Waals surface area contributed by atoms with Crippen molar-refractivity contribution >= 4 is 21.4 Å². The van der Waals surface area contributed by atoms with Crippen LogP contribution in [0, 0.1) is 0 Å². The van der Waals surface area contributed by atoms with Gasteiger partial charge in [-0.3, -0.25) is 14.6 Å². The lowest BCUT2D eigenvalue weighted by molar-refractivity contribution is -0.120. The molecule has 0 saturated carbocycles. The highest BCUT2D eigenvalue weighted by molar-refractivity contribution is 7.91. The van der Waals surface area contributed by atoms with Gasteiger partial charge in [-0.05, 0) is 36.2 Å². The number of para-hydroxylation sites is 1. The average molecular weight is 472 g/mol. The first-order valence-electron chi connectivity index (χ1n) is 11.4. The van der Waals surface area contributed by atoms with E-state index in [-0.39, 0.29) is 30.2 Å². The van der Waals surface area contributed by atoms with Crippen molar-refractivity contribution in [3.63, 3.8) is 0 Å². The minimum Gasteiger partial charge on any atom is -0.454 e. The van der Waals surface area contributed by atoms with Gasteiger partial charge in [0.2, 0.25) is 12.7 Å². The first-order chi connectivity index (χ1) is 16.0. The summed E-state index contributed by atoms with van der Waals surface area (Å²) < 4.78 is 35.0. The summed E-state index contributed by atoms with van der Waals surface area (Å²) in [5.74, 6) is 1.74. The van der Waals surface area contributed by atoms with Crippen molar-refractivity contribution in [1.29, 1.82) is 0 Å². The van der Waals surface area contributed by atoms with Crippen LogP contribution in [0.4, 0.5) is 5.69 Å². The van der Waals surface area contributed by atoms with E-state index >= 15 is 0 Å². The molecule has 3 aliphatic heterocycles. The molecule has 2 saturated heterocycles. The lowest BCUT2D eigenvalue weighted by Crippen LogP contribution is -2.51. The molecule has 0 aromatic heterocycles. The molecule has 0 unspecified atom stereocenters. The van der Waals surface area contributed by atoms with Crippen LogP contribution in [0.5, 0.6) is 11.5 Å². The molecule has 33 heavy (non-hydrogen) atoms. The highest BCUT2D eigenvalue weighted by atomic mass is 32.2. The second-order valence-electron chi connectivity index (χ2n) is 8.90. The summed E-state index contributed by atoms with van der Waals surface area (Å²) in [6.07, 6.45) is 0.492. The topological polar surface area (TPSA) is 79.4 Å². The molecule has 0 aliphatic carbocycles. The Hall–Kier alpha value is -2.62. The molecular formula is C24H29N3O5S. The van der Waals surface area contributed by atoms with Crippen LogP contribution in [0.1, 0.15) is 12.0 Å². The third kappa shape index (κ3) is 5.15. The van der Waals surface area contributed by atoms with Crippen LogP contribution in [0.3, 0.4) is 0 Å². The second-order valence-corrected chi connectivity index (χ2v) is 11.1. The zero-order valence-corrected chi connectivity index (χ0v) is 19.4. The van der Waals surface area contributed by atoms with Crippen LogP contribution in [0.15, 0.2) is 48.5 Å². The number of hydrogen-bond donors (Lipinski definition) is 0. The van der Waals surface area contributed by atoms with Gasteiger partial charge in [-0.1, -0.05) is 24.3 Å². The summed E-state index contributed by atoms with van der Waals surface area (Å²) in [7, 11) is -3.09. The number of anilines is 1. The van der Waals surface area contributed by atoms with Gasteiger partial charge in [0.15, 0.2) is 21.3 Å². The van der Waals surface area contributed by atoms with E-state index in [4.69, 9.17) is 9.47 Å². The van der Waals surface area contributed by atoms with Crippen LogP contribution in [-0.2, 0) is 21.2 Å². The standard InChI is InChI=1S/C24H29N3O5S/c28-24(27(20-4-2-1-3-5-20)21-8-13-33(29,30)17-21)16-26-11-9-25(10-12-26)15-19-6-7-22-23(14-19)32-18-31-22/h1-7,14,21H,8-13,15-18H2/t21-/m1/s1. The van der Waals surface area contributed by atoms with Crippen LogP contribution in [0.25, 0.3) is 0 Å². The molecule has 5 rings (SSSR count). The molecule has 0 spiro atoms. The number of benzene rings is 2. The Labute approximate surface area is 194 Å². The number of piperazine rings is 1. The predicted molar refractivity (Wildman–Crippen MR) is 125 cm³/mol. The minimum atomic E-state index is -3.09. The summed E-state index contributed by atoms with van der Waals surface area (Å²) in [4.78, 5) is 19.6. The Morgan fingerprint density at radius 2 is 1.70 bits per heavy atom. The first-order valence-corrected chi connectivity index (χ1v) is 13.2. The number of ether oxygens (including phenoxy) is 2. The molecule has 3 heterocycles. The average Bonchev–Trinajstić information content (AvgIpc) is 3.41. The van der Waals surface area contributed by atoms with E-state index in [0.29, 0.717) is 13.0 Å². The highest BCUT2D eigenvalue weighted by Crippen LogP contribution is 2.33. The lowest BCUT2D eigenvalue weighted by atomic mass is 10.1. The van der Waals surface area contributed by atoms with E-state index in [1.807, 2.05) is 42.5 Å². The molecule has 1 amide bonds. The van der Waals surface area contributed by atoms with Crippen molar-refractivity contribution in [2.45, 2.75) is 19.0 Å². The monoisotopic (exact) mass is 471 g/mol. The SMILES string of the molecule is O=C(CN1CCN(Cc2ccc3c(c2)OCO3)CC1)N(c1ccccc1)[C@@H]1CCS(=O)(=O)C1. The van der Waals surface area contributed by atoms with E-state index in [0.717, 1.165) is 49.9 Å². The van der Waals surface area contributed by atoms with Gasteiger partial charge in [0, 0.05) is 38.4 Å². The Morgan fingerprint density at radius 3 is 2.42 bits per heavy atom. The smallest absolute Gasteiger partial charge is 0.241 e. The molecule has 1 atom stereocenters. The number of hydrogen-bond acceptors (Lipinski definition) is 7. The lowest BCUT2D eigenvalue weighted by Gasteiger charge is -2.36. The molecule has 2 aromatic rings. The van der Waals surface area contributed by atoms with E-state index in [9.17, 15) is 13.2 Å². The van der Waals surface area contributed by atoms with E-state index < -0.39 is 9.84 Å². The third-order valence-electron chi connectivity index (χ3n) is 6.54. The second kappa shape index (κ2) is 9.32. The van der Waals surface area contributed by atoms with Crippen LogP contribution < -0.4 is 14.4 Å². The van der Waals surface area contributed by atoms with Gasteiger partial charge in [-0.15, -0.1) is 0 Å². The Kier molecular flexibility index (Phi) is 6.27. The molecule has 2 fully saturated rings. The minimum absolute atomic E-state index is 0.0347. The van der Waals surface area contributed by atoms with Crippen molar-refractivity contribution < 1.29 is 22.7 Å². The fourth-order valence-corrected chi connectivity index (χ4v) is 6.50. The molecular weight excluding hydrogens is 442 g/mol. The van der Waals surface area contributed by atoms with Crippen molar-refractivity contribution in [3.05, 3.63) is 54.1 Å². The van der Waals surface area contributed by atoms with Gasteiger partial charge in [-0.25, -0.2) is 8.42 Å². The Morgan fingerprint density at radius 1 is 0.970 bits per heavy atom. The normalized spacial score (nSPS) is 22.4. The molecule has 2 aromatic carbocycles. The van der Waals surface area contributed by atoms with Gasteiger partial charge in [-0.2, -0.15) is 0 Å².